The Kier molecular flexibility index (Phi) is 10.0. The van der Waals surface area contributed by atoms with E-state index in [1.54, 1.807) is 7.11 Å². The summed E-state index contributed by atoms with van der Waals surface area (Å²) in [6.07, 6.45) is 7.01. The van der Waals surface area contributed by atoms with Crippen LogP contribution in [0, 0.1) is 5.92 Å². The molecule has 1 heterocycles. The van der Waals surface area contributed by atoms with Crippen LogP contribution in [0.4, 0.5) is 0 Å². The minimum absolute atomic E-state index is 0.454. The molecule has 0 aliphatic carbocycles. The molecular weight excluding hydrogens is 198 g/mol. The van der Waals surface area contributed by atoms with Crippen LogP contribution < -0.4 is 0 Å². The van der Waals surface area contributed by atoms with E-state index in [1.165, 1.54) is 45.2 Å². The van der Waals surface area contributed by atoms with Crippen molar-refractivity contribution in [1.29, 1.82) is 0 Å². The first-order chi connectivity index (χ1) is 7.60. The zero-order chi connectivity index (χ0) is 12.4. The summed E-state index contributed by atoms with van der Waals surface area (Å²) in [5, 5.41) is 0. The number of ether oxygens (including phenoxy) is 1. The van der Waals surface area contributed by atoms with Gasteiger partial charge in [0, 0.05) is 7.11 Å². The quantitative estimate of drug-likeness (QED) is 0.731. The fourth-order valence-electron chi connectivity index (χ4n) is 1.75. The Balaban J connectivity index is 0.000000281. The number of hydrogen-bond acceptors (Lipinski definition) is 2. The summed E-state index contributed by atoms with van der Waals surface area (Å²) in [5.41, 5.74) is 0. The van der Waals surface area contributed by atoms with Crippen molar-refractivity contribution >= 4 is 0 Å². The molecule has 0 aromatic rings. The number of likely N-dealkylation sites (tertiary alicyclic amines) is 1. The summed E-state index contributed by atoms with van der Waals surface area (Å²) in [7, 11) is 3.96. The molecule has 0 bridgehead atoms. The van der Waals surface area contributed by atoms with Crippen molar-refractivity contribution in [2.75, 3.05) is 27.2 Å². The van der Waals surface area contributed by atoms with Gasteiger partial charge in [0.2, 0.25) is 0 Å². The van der Waals surface area contributed by atoms with Crippen molar-refractivity contribution in [3.05, 3.63) is 0 Å². The van der Waals surface area contributed by atoms with E-state index in [1.807, 2.05) is 0 Å². The summed E-state index contributed by atoms with van der Waals surface area (Å²) >= 11 is 0. The molecule has 0 amide bonds. The summed E-state index contributed by atoms with van der Waals surface area (Å²) in [4.78, 5) is 2.40. The van der Waals surface area contributed by atoms with E-state index in [9.17, 15) is 0 Å². The molecule has 16 heavy (non-hydrogen) atoms. The zero-order valence-electron chi connectivity index (χ0n) is 12.0. The fourth-order valence-corrected chi connectivity index (χ4v) is 1.75. The minimum Gasteiger partial charge on any atom is -0.382 e. The van der Waals surface area contributed by atoms with Gasteiger partial charge in [0.25, 0.3) is 0 Å². The largest absolute Gasteiger partial charge is 0.382 e. The molecule has 1 fully saturated rings. The van der Waals surface area contributed by atoms with Crippen LogP contribution in [-0.4, -0.2) is 38.3 Å². The average Bonchev–Trinajstić information content (AvgIpc) is 2.30. The lowest BCUT2D eigenvalue weighted by atomic mass is 10.00. The van der Waals surface area contributed by atoms with Gasteiger partial charge in [0.1, 0.15) is 0 Å². The first kappa shape index (κ1) is 15.9. The van der Waals surface area contributed by atoms with Crippen LogP contribution >= 0.6 is 0 Å². The zero-order valence-corrected chi connectivity index (χ0v) is 12.0. The Labute approximate surface area is 102 Å². The van der Waals surface area contributed by atoms with E-state index in [4.69, 9.17) is 4.74 Å². The SMILES string of the molecule is CC1CCN(C)CC1.CCCCC(C)OC. The van der Waals surface area contributed by atoms with Crippen LogP contribution in [0.3, 0.4) is 0 Å². The molecule has 1 unspecified atom stereocenters. The second kappa shape index (κ2) is 10.1. The van der Waals surface area contributed by atoms with Gasteiger partial charge in [-0.3, -0.25) is 0 Å². The number of piperidine rings is 1. The highest BCUT2D eigenvalue weighted by atomic mass is 16.5. The van der Waals surface area contributed by atoms with Gasteiger partial charge in [0.05, 0.1) is 6.10 Å². The summed E-state index contributed by atoms with van der Waals surface area (Å²) in [5.74, 6) is 0.978. The molecule has 1 rings (SSSR count). The Morgan fingerprint density at radius 2 is 1.88 bits per heavy atom. The van der Waals surface area contributed by atoms with Gasteiger partial charge in [0.15, 0.2) is 0 Å². The van der Waals surface area contributed by atoms with E-state index in [2.05, 4.69) is 32.7 Å². The maximum Gasteiger partial charge on any atom is 0.0543 e. The molecular formula is C14H31NO. The summed E-state index contributed by atoms with van der Waals surface area (Å²) in [6.45, 7) is 9.26. The van der Waals surface area contributed by atoms with Crippen LogP contribution in [0.1, 0.15) is 52.9 Å². The highest BCUT2D eigenvalue weighted by Gasteiger charge is 2.10. The topological polar surface area (TPSA) is 12.5 Å². The van der Waals surface area contributed by atoms with Crippen molar-refractivity contribution < 1.29 is 4.74 Å². The van der Waals surface area contributed by atoms with Crippen molar-refractivity contribution in [1.82, 2.24) is 4.90 Å². The lowest BCUT2D eigenvalue weighted by molar-refractivity contribution is 0.109. The Hall–Kier alpha value is -0.0800. The molecule has 0 aromatic carbocycles. The van der Waals surface area contributed by atoms with E-state index in [-0.39, 0.29) is 0 Å². The van der Waals surface area contributed by atoms with Gasteiger partial charge in [-0.2, -0.15) is 0 Å². The average molecular weight is 229 g/mol. The minimum atomic E-state index is 0.454. The number of rotatable bonds is 4. The Morgan fingerprint density at radius 1 is 1.31 bits per heavy atom. The Morgan fingerprint density at radius 3 is 2.25 bits per heavy atom. The normalized spacial score (nSPS) is 20.1. The van der Waals surface area contributed by atoms with Gasteiger partial charge < -0.3 is 9.64 Å². The molecule has 1 aliphatic heterocycles. The van der Waals surface area contributed by atoms with Gasteiger partial charge >= 0.3 is 0 Å². The van der Waals surface area contributed by atoms with Crippen molar-refractivity contribution in [2.45, 2.75) is 59.0 Å². The molecule has 98 valence electrons. The predicted octanol–water partition coefficient (Wildman–Crippen LogP) is 3.56. The molecule has 1 saturated heterocycles. The number of hydrogen-bond donors (Lipinski definition) is 0. The van der Waals surface area contributed by atoms with Crippen LogP contribution in [0.5, 0.6) is 0 Å². The van der Waals surface area contributed by atoms with Crippen LogP contribution in [0.2, 0.25) is 0 Å². The van der Waals surface area contributed by atoms with E-state index < -0.39 is 0 Å². The molecule has 0 aromatic heterocycles. The molecule has 0 radical (unpaired) electrons. The molecule has 1 atom stereocenters. The lowest BCUT2D eigenvalue weighted by Crippen LogP contribution is -2.28. The van der Waals surface area contributed by atoms with Gasteiger partial charge in [-0.25, -0.2) is 0 Å². The lowest BCUT2D eigenvalue weighted by Gasteiger charge is -2.26. The van der Waals surface area contributed by atoms with Crippen molar-refractivity contribution in [2.24, 2.45) is 5.92 Å². The van der Waals surface area contributed by atoms with E-state index in [0.717, 1.165) is 5.92 Å². The van der Waals surface area contributed by atoms with Gasteiger partial charge in [-0.05, 0) is 52.2 Å². The first-order valence-electron chi connectivity index (χ1n) is 6.81. The van der Waals surface area contributed by atoms with Crippen LogP contribution in [0.25, 0.3) is 0 Å². The maximum absolute atomic E-state index is 5.05. The fraction of sp³-hybridized carbons (Fsp3) is 1.00. The summed E-state index contributed by atoms with van der Waals surface area (Å²) < 4.78 is 5.05. The van der Waals surface area contributed by atoms with Gasteiger partial charge in [-0.15, -0.1) is 0 Å². The number of unbranched alkanes of at least 4 members (excludes halogenated alkanes) is 1. The molecule has 2 nitrogen and oxygen atoms in total. The van der Waals surface area contributed by atoms with Crippen molar-refractivity contribution in [3.8, 4) is 0 Å². The molecule has 0 spiro atoms. The smallest absolute Gasteiger partial charge is 0.0543 e. The predicted molar refractivity (Wildman–Crippen MR) is 71.9 cm³/mol. The molecule has 0 saturated carbocycles. The molecule has 0 N–H and O–H groups in total. The summed E-state index contributed by atoms with van der Waals surface area (Å²) in [6, 6.07) is 0. The van der Waals surface area contributed by atoms with Gasteiger partial charge in [-0.1, -0.05) is 26.7 Å². The maximum atomic E-state index is 5.05. The van der Waals surface area contributed by atoms with E-state index in [0.29, 0.717) is 6.10 Å². The standard InChI is InChI=1S/C7H15N.C7H16O/c1-7-3-5-8(2)6-4-7;1-4-5-6-7(2)8-3/h7H,3-6H2,1-2H3;7H,4-6H2,1-3H3. The Bertz CT molecular complexity index is 128. The third kappa shape index (κ3) is 9.17. The third-order valence-electron chi connectivity index (χ3n) is 3.37. The van der Waals surface area contributed by atoms with Crippen LogP contribution in [-0.2, 0) is 4.74 Å². The van der Waals surface area contributed by atoms with E-state index >= 15 is 0 Å². The number of methoxy groups -OCH3 is 1. The van der Waals surface area contributed by atoms with Crippen LogP contribution in [0.15, 0.2) is 0 Å². The molecule has 2 heteroatoms. The second-order valence-electron chi connectivity index (χ2n) is 5.17. The first-order valence-corrected chi connectivity index (χ1v) is 6.81. The molecule has 1 aliphatic rings. The van der Waals surface area contributed by atoms with Crippen molar-refractivity contribution in [3.63, 3.8) is 0 Å². The highest BCUT2D eigenvalue weighted by Crippen LogP contribution is 2.13. The highest BCUT2D eigenvalue weighted by molar-refractivity contribution is 4.65. The number of nitrogens with zero attached hydrogens (tertiary/aromatic N) is 1. The second-order valence-corrected chi connectivity index (χ2v) is 5.17. The monoisotopic (exact) mass is 229 g/mol. The third-order valence-corrected chi connectivity index (χ3v) is 3.37.